The van der Waals surface area contributed by atoms with Crippen LogP contribution in [0.15, 0.2) is 18.2 Å². The van der Waals surface area contributed by atoms with Crippen LogP contribution in [0.2, 0.25) is 0 Å². The predicted octanol–water partition coefficient (Wildman–Crippen LogP) is 2.15. The highest BCUT2D eigenvalue weighted by molar-refractivity contribution is 7.85. The summed E-state index contributed by atoms with van der Waals surface area (Å²) in [4.78, 5) is 11.5. The molecule has 9 heteroatoms. The number of ether oxygens (including phenoxy) is 1. The molecule has 0 fully saturated rings. The van der Waals surface area contributed by atoms with Crippen molar-refractivity contribution in [2.75, 3.05) is 13.7 Å². The summed E-state index contributed by atoms with van der Waals surface area (Å²) < 4.78 is 66.3. The summed E-state index contributed by atoms with van der Waals surface area (Å²) in [6.45, 7) is -0.246. The molecule has 1 aromatic carbocycles. The average Bonchev–Trinajstić information content (AvgIpc) is 2.43. The molecule has 0 aliphatic rings. The van der Waals surface area contributed by atoms with Gasteiger partial charge in [-0.05, 0) is 25.1 Å². The van der Waals surface area contributed by atoms with Crippen LogP contribution in [0, 0.1) is 5.82 Å². The number of rotatable bonds is 6. The van der Waals surface area contributed by atoms with Gasteiger partial charge in [-0.2, -0.15) is 13.2 Å². The first-order chi connectivity index (χ1) is 10.1. The molecule has 0 aliphatic heterocycles. The van der Waals surface area contributed by atoms with Crippen molar-refractivity contribution in [3.63, 3.8) is 0 Å². The number of halogens is 4. The fourth-order valence-corrected chi connectivity index (χ4v) is 2.69. The Labute approximate surface area is 127 Å². The van der Waals surface area contributed by atoms with Crippen LogP contribution in [0.4, 0.5) is 17.6 Å². The Morgan fingerprint density at radius 2 is 2.05 bits per heavy atom. The minimum Gasteiger partial charge on any atom is -0.496 e. The number of hydrogen-bond acceptors (Lipinski definition) is 3. The van der Waals surface area contributed by atoms with Gasteiger partial charge in [-0.1, -0.05) is 0 Å². The highest BCUT2D eigenvalue weighted by atomic mass is 32.2. The number of methoxy groups -OCH3 is 1. The van der Waals surface area contributed by atoms with E-state index in [1.807, 2.05) is 0 Å². The third kappa shape index (κ3) is 5.63. The van der Waals surface area contributed by atoms with Gasteiger partial charge in [-0.25, -0.2) is 4.39 Å². The van der Waals surface area contributed by atoms with Gasteiger partial charge in [0.25, 0.3) is 0 Å². The van der Waals surface area contributed by atoms with Crippen molar-refractivity contribution in [2.45, 2.75) is 24.1 Å². The van der Waals surface area contributed by atoms with Crippen LogP contribution in [-0.2, 0) is 21.3 Å². The minimum atomic E-state index is -4.54. The van der Waals surface area contributed by atoms with Crippen molar-refractivity contribution in [1.82, 2.24) is 5.32 Å². The highest BCUT2D eigenvalue weighted by Gasteiger charge is 2.30. The Balaban J connectivity index is 2.72. The van der Waals surface area contributed by atoms with Gasteiger partial charge >= 0.3 is 6.18 Å². The number of nitrogens with one attached hydrogen (secondary N) is 1. The molecule has 1 amide bonds. The minimum absolute atomic E-state index is 0.207. The summed E-state index contributed by atoms with van der Waals surface area (Å²) in [6, 6.07) is 3.61. The number of carbonyl (C=O) groups excluding carboxylic acids is 1. The summed E-state index contributed by atoms with van der Waals surface area (Å²) in [5.74, 6) is -1.47. The molecule has 0 saturated carbocycles. The van der Waals surface area contributed by atoms with Gasteiger partial charge in [-0.15, -0.1) is 0 Å². The zero-order valence-corrected chi connectivity index (χ0v) is 12.7. The van der Waals surface area contributed by atoms with Gasteiger partial charge in [0.1, 0.15) is 23.4 Å². The monoisotopic (exact) mass is 341 g/mol. The number of carbonyl (C=O) groups is 1. The summed E-state index contributed by atoms with van der Waals surface area (Å²) >= 11 is 0. The molecule has 0 bridgehead atoms. The van der Waals surface area contributed by atoms with Crippen molar-refractivity contribution < 1.29 is 31.3 Å². The number of amides is 1. The van der Waals surface area contributed by atoms with E-state index in [0.717, 1.165) is 12.1 Å². The maximum Gasteiger partial charge on any atom is 0.405 e. The van der Waals surface area contributed by atoms with Crippen LogP contribution >= 0.6 is 0 Å². The van der Waals surface area contributed by atoms with E-state index in [4.69, 9.17) is 4.74 Å². The molecule has 1 aromatic rings. The summed E-state index contributed by atoms with van der Waals surface area (Å²) in [6.07, 6.45) is -4.54. The lowest BCUT2D eigenvalue weighted by molar-refractivity contribution is -0.137. The molecular weight excluding hydrogens is 326 g/mol. The molecular formula is C13H15F4NO3S. The highest BCUT2D eigenvalue weighted by Crippen LogP contribution is 2.22. The van der Waals surface area contributed by atoms with Crippen LogP contribution in [0.3, 0.4) is 0 Å². The van der Waals surface area contributed by atoms with E-state index >= 15 is 0 Å². The van der Waals surface area contributed by atoms with Crippen LogP contribution in [0.1, 0.15) is 12.5 Å². The Bertz CT molecular complexity index is 563. The van der Waals surface area contributed by atoms with Gasteiger partial charge in [0, 0.05) is 16.4 Å². The lowest BCUT2D eigenvalue weighted by Gasteiger charge is -2.14. The second-order valence-electron chi connectivity index (χ2n) is 4.46. The van der Waals surface area contributed by atoms with Gasteiger partial charge in [0.2, 0.25) is 5.91 Å². The first kappa shape index (κ1) is 18.4. The van der Waals surface area contributed by atoms with E-state index in [0.29, 0.717) is 0 Å². The first-order valence-corrected chi connectivity index (χ1v) is 7.56. The molecule has 1 N–H and O–H groups in total. The van der Waals surface area contributed by atoms with Crippen LogP contribution in [0.5, 0.6) is 5.75 Å². The summed E-state index contributed by atoms with van der Waals surface area (Å²) in [5.41, 5.74) is 0.274. The molecule has 0 aliphatic carbocycles. The average molecular weight is 341 g/mol. The zero-order valence-electron chi connectivity index (χ0n) is 11.9. The first-order valence-electron chi connectivity index (χ1n) is 6.18. The van der Waals surface area contributed by atoms with E-state index in [1.165, 1.54) is 20.1 Å². The second kappa shape index (κ2) is 7.57. The van der Waals surface area contributed by atoms with Gasteiger partial charge < -0.3 is 10.1 Å². The van der Waals surface area contributed by atoms with E-state index in [9.17, 15) is 26.6 Å². The zero-order chi connectivity index (χ0) is 16.9. The Morgan fingerprint density at radius 3 is 2.59 bits per heavy atom. The predicted molar refractivity (Wildman–Crippen MR) is 73.3 cm³/mol. The molecule has 22 heavy (non-hydrogen) atoms. The molecule has 0 spiro atoms. The Kier molecular flexibility index (Phi) is 6.34. The summed E-state index contributed by atoms with van der Waals surface area (Å²) in [7, 11) is -0.474. The van der Waals surface area contributed by atoms with Crippen LogP contribution in [-0.4, -0.2) is 35.2 Å². The molecule has 0 radical (unpaired) electrons. The van der Waals surface area contributed by atoms with Gasteiger partial charge in [0.15, 0.2) is 0 Å². The second-order valence-corrected chi connectivity index (χ2v) is 6.21. The van der Waals surface area contributed by atoms with Crippen molar-refractivity contribution in [2.24, 2.45) is 0 Å². The molecule has 2 atom stereocenters. The maximum absolute atomic E-state index is 13.2. The van der Waals surface area contributed by atoms with E-state index in [2.05, 4.69) is 0 Å². The fraction of sp³-hybridized carbons (Fsp3) is 0.462. The van der Waals surface area contributed by atoms with Gasteiger partial charge in [0.05, 0.1) is 12.9 Å². The largest absolute Gasteiger partial charge is 0.496 e. The SMILES string of the molecule is COc1ccc(F)cc1C[S@](=O)[C@@H](C)C(=O)NCC(F)(F)F. The topological polar surface area (TPSA) is 55.4 Å². The van der Waals surface area contributed by atoms with Crippen LogP contribution in [0.25, 0.3) is 0 Å². The Hall–Kier alpha value is -1.64. The normalized spacial score (nSPS) is 14.3. The molecule has 0 unspecified atom stereocenters. The van der Waals surface area contributed by atoms with E-state index < -0.39 is 40.5 Å². The Morgan fingerprint density at radius 1 is 1.41 bits per heavy atom. The molecule has 124 valence electrons. The van der Waals surface area contributed by atoms with Gasteiger partial charge in [-0.3, -0.25) is 9.00 Å². The summed E-state index contributed by atoms with van der Waals surface area (Å²) in [5, 5.41) is 0.496. The van der Waals surface area contributed by atoms with E-state index in [1.54, 1.807) is 5.32 Å². The lowest BCUT2D eigenvalue weighted by atomic mass is 10.2. The van der Waals surface area contributed by atoms with E-state index in [-0.39, 0.29) is 17.1 Å². The van der Waals surface area contributed by atoms with Crippen molar-refractivity contribution in [1.29, 1.82) is 0 Å². The fourth-order valence-electron chi connectivity index (χ4n) is 1.59. The third-order valence-electron chi connectivity index (χ3n) is 2.77. The number of hydrogen-bond donors (Lipinski definition) is 1. The smallest absolute Gasteiger partial charge is 0.405 e. The molecule has 0 heterocycles. The third-order valence-corrected chi connectivity index (χ3v) is 4.37. The molecule has 0 aromatic heterocycles. The van der Waals surface area contributed by atoms with Crippen molar-refractivity contribution in [3.8, 4) is 5.75 Å². The standard InChI is InChI=1S/C13H15F4NO3S/c1-8(12(19)18-7-13(15,16)17)22(20)6-9-5-10(14)3-4-11(9)21-2/h3-5,8H,6-7H2,1-2H3,(H,18,19)/t8-,22-/m0/s1. The maximum atomic E-state index is 13.2. The van der Waals surface area contributed by atoms with Crippen molar-refractivity contribution >= 4 is 16.7 Å². The van der Waals surface area contributed by atoms with Crippen molar-refractivity contribution in [3.05, 3.63) is 29.6 Å². The quantitative estimate of drug-likeness (QED) is 0.807. The number of benzene rings is 1. The molecule has 4 nitrogen and oxygen atoms in total. The number of alkyl halides is 3. The lowest BCUT2D eigenvalue weighted by Crippen LogP contribution is -2.40. The molecule has 1 rings (SSSR count). The van der Waals surface area contributed by atoms with Crippen LogP contribution < -0.4 is 10.1 Å². The molecule has 0 saturated heterocycles.